The monoisotopic (exact) mass is 244 g/mol. The van der Waals surface area contributed by atoms with Gasteiger partial charge in [-0.05, 0) is 50.1 Å². The third kappa shape index (κ3) is 1.70. The lowest BCUT2D eigenvalue weighted by Gasteiger charge is -2.07. The summed E-state index contributed by atoms with van der Waals surface area (Å²) < 4.78 is 5.49. The molecule has 1 atom stereocenters. The van der Waals surface area contributed by atoms with Crippen LogP contribution in [0.1, 0.15) is 29.2 Å². The molecular weight excluding hydrogens is 224 g/mol. The maximum absolute atomic E-state index is 5.49. The van der Waals surface area contributed by atoms with Crippen LogP contribution in [-0.4, -0.2) is 25.2 Å². The van der Waals surface area contributed by atoms with Crippen LogP contribution in [0.25, 0.3) is 10.9 Å². The number of H-pyrrole nitrogens is 1. The van der Waals surface area contributed by atoms with Crippen molar-refractivity contribution in [1.82, 2.24) is 10.3 Å². The van der Waals surface area contributed by atoms with Gasteiger partial charge in [0, 0.05) is 23.5 Å². The second kappa shape index (κ2) is 4.32. The van der Waals surface area contributed by atoms with Gasteiger partial charge in [-0.1, -0.05) is 0 Å². The number of benzene rings is 1. The first-order valence-corrected chi connectivity index (χ1v) is 6.58. The van der Waals surface area contributed by atoms with Crippen LogP contribution in [0.5, 0.6) is 5.75 Å². The van der Waals surface area contributed by atoms with Gasteiger partial charge in [0.05, 0.1) is 12.6 Å². The molecule has 0 bridgehead atoms. The van der Waals surface area contributed by atoms with Crippen LogP contribution in [0.3, 0.4) is 0 Å². The van der Waals surface area contributed by atoms with Gasteiger partial charge >= 0.3 is 0 Å². The minimum absolute atomic E-state index is 0.613. The molecule has 1 aromatic carbocycles. The second-order valence-electron chi connectivity index (χ2n) is 5.24. The molecule has 96 valence electrons. The van der Waals surface area contributed by atoms with E-state index in [2.05, 4.69) is 36.3 Å². The molecule has 3 nitrogen and oxygen atoms in total. The smallest absolute Gasteiger partial charge is 0.143 e. The number of rotatable bonds is 2. The highest BCUT2D eigenvalue weighted by molar-refractivity contribution is 5.90. The van der Waals surface area contributed by atoms with E-state index in [0.717, 1.165) is 24.4 Å². The van der Waals surface area contributed by atoms with Crippen molar-refractivity contribution in [2.75, 3.05) is 20.2 Å². The van der Waals surface area contributed by atoms with Gasteiger partial charge < -0.3 is 15.0 Å². The minimum atomic E-state index is 0.613. The first kappa shape index (κ1) is 11.6. The molecule has 1 aliphatic heterocycles. The van der Waals surface area contributed by atoms with Crippen LogP contribution in [0, 0.1) is 13.8 Å². The Hall–Kier alpha value is -1.48. The van der Waals surface area contributed by atoms with Gasteiger partial charge in [-0.3, -0.25) is 0 Å². The number of hydrogen-bond acceptors (Lipinski definition) is 2. The van der Waals surface area contributed by atoms with Crippen molar-refractivity contribution in [1.29, 1.82) is 0 Å². The maximum atomic E-state index is 5.49. The Kier molecular flexibility index (Phi) is 2.78. The van der Waals surface area contributed by atoms with Gasteiger partial charge in [0.15, 0.2) is 0 Å². The summed E-state index contributed by atoms with van der Waals surface area (Å²) in [7, 11) is 1.74. The number of methoxy groups -OCH3 is 1. The normalized spacial score (nSPS) is 19.6. The highest BCUT2D eigenvalue weighted by Crippen LogP contribution is 2.35. The molecule has 0 spiro atoms. The Morgan fingerprint density at radius 2 is 2.11 bits per heavy atom. The molecule has 0 radical (unpaired) electrons. The van der Waals surface area contributed by atoms with E-state index in [0.29, 0.717) is 5.92 Å². The van der Waals surface area contributed by atoms with Crippen LogP contribution in [0.4, 0.5) is 0 Å². The third-order valence-corrected chi connectivity index (χ3v) is 4.00. The molecule has 18 heavy (non-hydrogen) atoms. The van der Waals surface area contributed by atoms with Crippen molar-refractivity contribution in [3.63, 3.8) is 0 Å². The van der Waals surface area contributed by atoms with Crippen LogP contribution in [0.2, 0.25) is 0 Å². The van der Waals surface area contributed by atoms with E-state index in [9.17, 15) is 0 Å². The SMILES string of the molecule is COc1cc(C)cc2c(C)c(C3CCNC3)[nH]c12. The Balaban J connectivity index is 2.20. The predicted molar refractivity (Wildman–Crippen MR) is 74.6 cm³/mol. The number of nitrogens with one attached hydrogen (secondary N) is 2. The fourth-order valence-corrected chi connectivity index (χ4v) is 3.02. The molecule has 2 aromatic rings. The van der Waals surface area contributed by atoms with Gasteiger partial charge in [0.2, 0.25) is 0 Å². The average Bonchev–Trinajstić information content (AvgIpc) is 2.97. The largest absolute Gasteiger partial charge is 0.495 e. The van der Waals surface area contributed by atoms with Crippen molar-refractivity contribution in [2.24, 2.45) is 0 Å². The molecule has 0 aliphatic carbocycles. The molecule has 1 aliphatic rings. The van der Waals surface area contributed by atoms with Crippen LogP contribution >= 0.6 is 0 Å². The molecule has 1 saturated heterocycles. The molecule has 2 heterocycles. The molecule has 1 unspecified atom stereocenters. The van der Waals surface area contributed by atoms with E-state index in [1.807, 2.05) is 0 Å². The van der Waals surface area contributed by atoms with Gasteiger partial charge in [-0.2, -0.15) is 0 Å². The highest BCUT2D eigenvalue weighted by Gasteiger charge is 2.22. The van der Waals surface area contributed by atoms with E-state index in [1.165, 1.54) is 28.6 Å². The van der Waals surface area contributed by atoms with E-state index in [4.69, 9.17) is 4.74 Å². The third-order valence-electron chi connectivity index (χ3n) is 4.00. The molecule has 2 N–H and O–H groups in total. The van der Waals surface area contributed by atoms with Crippen LogP contribution < -0.4 is 10.1 Å². The van der Waals surface area contributed by atoms with E-state index >= 15 is 0 Å². The summed E-state index contributed by atoms with van der Waals surface area (Å²) in [5.74, 6) is 1.56. The van der Waals surface area contributed by atoms with Crippen molar-refractivity contribution in [3.8, 4) is 5.75 Å². The standard InChI is InChI=1S/C15H20N2O/c1-9-6-12-10(2)14(11-4-5-16-8-11)17-15(12)13(7-9)18-3/h6-7,11,16-17H,4-5,8H2,1-3H3. The summed E-state index contributed by atoms with van der Waals surface area (Å²) in [6, 6.07) is 4.34. The second-order valence-corrected chi connectivity index (χ2v) is 5.24. The fraction of sp³-hybridized carbons (Fsp3) is 0.467. The highest BCUT2D eigenvalue weighted by atomic mass is 16.5. The molecule has 0 saturated carbocycles. The number of aromatic nitrogens is 1. The molecule has 3 rings (SSSR count). The number of aromatic amines is 1. The summed E-state index contributed by atoms with van der Waals surface area (Å²) in [5.41, 5.74) is 5.14. The zero-order valence-electron chi connectivity index (χ0n) is 11.3. The van der Waals surface area contributed by atoms with Gasteiger partial charge in [0.1, 0.15) is 5.75 Å². The van der Waals surface area contributed by atoms with Crippen LogP contribution in [0.15, 0.2) is 12.1 Å². The summed E-state index contributed by atoms with van der Waals surface area (Å²) in [6.45, 7) is 6.53. The van der Waals surface area contributed by atoms with E-state index in [1.54, 1.807) is 7.11 Å². The van der Waals surface area contributed by atoms with Crippen LogP contribution in [-0.2, 0) is 0 Å². The average molecular weight is 244 g/mol. The van der Waals surface area contributed by atoms with Gasteiger partial charge in [-0.25, -0.2) is 0 Å². The fourth-order valence-electron chi connectivity index (χ4n) is 3.02. The number of aryl methyl sites for hydroxylation is 2. The lowest BCUT2D eigenvalue weighted by molar-refractivity contribution is 0.418. The van der Waals surface area contributed by atoms with Crippen molar-refractivity contribution in [2.45, 2.75) is 26.2 Å². The molecule has 0 amide bonds. The summed E-state index contributed by atoms with van der Waals surface area (Å²) in [5, 5.41) is 4.73. The predicted octanol–water partition coefficient (Wildman–Crippen LogP) is 2.87. The summed E-state index contributed by atoms with van der Waals surface area (Å²) in [6.07, 6.45) is 1.22. The van der Waals surface area contributed by atoms with Crippen molar-refractivity contribution < 1.29 is 4.74 Å². The Labute approximate surface area is 108 Å². The lowest BCUT2D eigenvalue weighted by atomic mass is 10.00. The van der Waals surface area contributed by atoms with Crippen molar-refractivity contribution >= 4 is 10.9 Å². The molecule has 1 fully saturated rings. The Bertz CT molecular complexity index is 580. The quantitative estimate of drug-likeness (QED) is 0.852. The first-order chi connectivity index (χ1) is 8.70. The zero-order chi connectivity index (χ0) is 12.7. The molecular formula is C15H20N2O. The number of fused-ring (bicyclic) bond motifs is 1. The minimum Gasteiger partial charge on any atom is -0.495 e. The van der Waals surface area contributed by atoms with E-state index in [-0.39, 0.29) is 0 Å². The molecule has 3 heteroatoms. The molecule has 1 aromatic heterocycles. The van der Waals surface area contributed by atoms with Gasteiger partial charge in [0.25, 0.3) is 0 Å². The van der Waals surface area contributed by atoms with E-state index < -0.39 is 0 Å². The zero-order valence-corrected chi connectivity index (χ0v) is 11.3. The number of ether oxygens (including phenoxy) is 1. The van der Waals surface area contributed by atoms with Gasteiger partial charge in [-0.15, -0.1) is 0 Å². The summed E-state index contributed by atoms with van der Waals surface area (Å²) >= 11 is 0. The Morgan fingerprint density at radius 1 is 1.28 bits per heavy atom. The lowest BCUT2D eigenvalue weighted by Crippen LogP contribution is -2.08. The summed E-state index contributed by atoms with van der Waals surface area (Å²) in [4.78, 5) is 3.59. The maximum Gasteiger partial charge on any atom is 0.143 e. The first-order valence-electron chi connectivity index (χ1n) is 6.58. The number of hydrogen-bond donors (Lipinski definition) is 2. The topological polar surface area (TPSA) is 37.0 Å². The Morgan fingerprint density at radius 3 is 2.78 bits per heavy atom. The van der Waals surface area contributed by atoms with Crippen molar-refractivity contribution in [3.05, 3.63) is 29.0 Å².